The molecule has 0 unspecified atom stereocenters. The maximum Gasteiger partial charge on any atom is 0.295 e. The molecule has 3 N–H and O–H groups in total. The predicted molar refractivity (Wildman–Crippen MR) is 97.8 cm³/mol. The second-order valence-corrected chi connectivity index (χ2v) is 6.26. The molecule has 138 valence electrons. The smallest absolute Gasteiger partial charge is 0.295 e. The van der Waals surface area contributed by atoms with Gasteiger partial charge in [-0.2, -0.15) is 0 Å². The van der Waals surface area contributed by atoms with Crippen molar-refractivity contribution in [1.29, 1.82) is 0 Å². The third kappa shape index (κ3) is 3.64. The molecule has 10 nitrogen and oxygen atoms in total. The molecule has 1 fully saturated rings. The van der Waals surface area contributed by atoms with E-state index in [0.717, 1.165) is 12.8 Å². The second kappa shape index (κ2) is 6.56. The molecule has 0 radical (unpaired) electrons. The van der Waals surface area contributed by atoms with Crippen LogP contribution in [0.15, 0.2) is 52.3 Å². The molecule has 0 bridgehead atoms. The van der Waals surface area contributed by atoms with Crippen LogP contribution in [0, 0.1) is 16.0 Å². The van der Waals surface area contributed by atoms with E-state index in [2.05, 4.69) is 15.4 Å². The number of hydrazone groups is 1. The average Bonchev–Trinajstić information content (AvgIpc) is 3.48. The first-order chi connectivity index (χ1) is 13.0. The van der Waals surface area contributed by atoms with Gasteiger partial charge in [0.25, 0.3) is 5.69 Å². The Morgan fingerprint density at radius 2 is 2.19 bits per heavy atom. The van der Waals surface area contributed by atoms with E-state index < -0.39 is 4.92 Å². The summed E-state index contributed by atoms with van der Waals surface area (Å²) in [6.07, 6.45) is 6.91. The fourth-order valence-corrected chi connectivity index (χ4v) is 2.58. The minimum absolute atomic E-state index is 0.00342. The molecule has 4 rings (SSSR count). The van der Waals surface area contributed by atoms with E-state index in [0.29, 0.717) is 18.2 Å². The summed E-state index contributed by atoms with van der Waals surface area (Å²) in [6.45, 7) is 0.415. The Morgan fingerprint density at radius 1 is 1.37 bits per heavy atom. The molecule has 1 aliphatic carbocycles. The van der Waals surface area contributed by atoms with Crippen LogP contribution in [-0.2, 0) is 4.79 Å². The summed E-state index contributed by atoms with van der Waals surface area (Å²) in [5, 5.41) is 19.7. The second-order valence-electron chi connectivity index (χ2n) is 6.26. The number of rotatable bonds is 4. The highest BCUT2D eigenvalue weighted by atomic mass is 16.6. The molecule has 0 saturated heterocycles. The van der Waals surface area contributed by atoms with Crippen LogP contribution in [-0.4, -0.2) is 34.1 Å². The highest BCUT2D eigenvalue weighted by Gasteiger charge is 2.30. The van der Waals surface area contributed by atoms with Crippen LogP contribution in [0.3, 0.4) is 0 Å². The number of benzene rings is 1. The van der Waals surface area contributed by atoms with Gasteiger partial charge in [0.15, 0.2) is 5.84 Å². The van der Waals surface area contributed by atoms with Crippen molar-refractivity contribution in [2.24, 2.45) is 16.0 Å². The number of ether oxygens (including phenoxy) is 1. The van der Waals surface area contributed by atoms with Gasteiger partial charge in [0.2, 0.25) is 11.8 Å². The van der Waals surface area contributed by atoms with Crippen molar-refractivity contribution in [3.05, 3.63) is 52.4 Å². The number of nitrogens with one attached hydrogen (secondary N) is 1. The molecule has 3 aliphatic rings. The van der Waals surface area contributed by atoms with Crippen LogP contribution in [0.4, 0.5) is 11.4 Å². The predicted octanol–water partition coefficient (Wildman–Crippen LogP) is 1.52. The summed E-state index contributed by atoms with van der Waals surface area (Å²) in [6, 6.07) is 4.19. The van der Waals surface area contributed by atoms with Gasteiger partial charge in [-0.15, -0.1) is 5.10 Å². The summed E-state index contributed by atoms with van der Waals surface area (Å²) < 4.78 is 5.60. The summed E-state index contributed by atoms with van der Waals surface area (Å²) in [5.74, 6) is 1.69. The number of nitrogen functional groups attached to an aromatic ring is 1. The fourth-order valence-electron chi connectivity index (χ4n) is 2.58. The lowest BCUT2D eigenvalue weighted by Gasteiger charge is -2.25. The van der Waals surface area contributed by atoms with Crippen molar-refractivity contribution in [2.45, 2.75) is 12.8 Å². The zero-order valence-corrected chi connectivity index (χ0v) is 14.2. The topological polar surface area (TPSA) is 135 Å². The number of aliphatic imine (C=N–C) groups is 1. The number of carbonyl (C=O) groups is 1. The van der Waals surface area contributed by atoms with Crippen LogP contribution in [0.5, 0.6) is 5.75 Å². The van der Waals surface area contributed by atoms with E-state index in [4.69, 9.17) is 10.5 Å². The van der Waals surface area contributed by atoms with Crippen molar-refractivity contribution >= 4 is 29.0 Å². The Bertz CT molecular complexity index is 945. The Labute approximate surface area is 153 Å². The quantitative estimate of drug-likeness (QED) is 0.470. The monoisotopic (exact) mass is 368 g/mol. The van der Waals surface area contributed by atoms with E-state index in [1.54, 1.807) is 23.2 Å². The number of nitrogens with two attached hydrogens (primary N) is 1. The first-order valence-electron chi connectivity index (χ1n) is 8.35. The highest BCUT2D eigenvalue weighted by Crippen LogP contribution is 2.29. The average molecular weight is 368 g/mol. The van der Waals surface area contributed by atoms with Gasteiger partial charge < -0.3 is 15.8 Å². The van der Waals surface area contributed by atoms with E-state index in [-0.39, 0.29) is 34.8 Å². The largest absolute Gasteiger partial charge is 0.437 e. The lowest BCUT2D eigenvalue weighted by molar-refractivity contribution is -0.383. The molecule has 0 atom stereocenters. The standard InChI is InChI=1S/C17H16N6O4/c18-12-4-3-11(9-13(12)23(25)26)27-16-6-5-15-19-14(7-8-22(15)21-16)20-17(24)10-1-2-10/h3-7,9-10H,1-2,8,18H2,(H,20,24). The first-order valence-corrected chi connectivity index (χ1v) is 8.35. The Morgan fingerprint density at radius 3 is 2.93 bits per heavy atom. The highest BCUT2D eigenvalue weighted by molar-refractivity contribution is 6.04. The number of carbonyl (C=O) groups excluding carboxylic acids is 1. The van der Waals surface area contributed by atoms with E-state index in [1.807, 2.05) is 0 Å². The molecule has 2 heterocycles. The van der Waals surface area contributed by atoms with Gasteiger partial charge >= 0.3 is 0 Å². The van der Waals surface area contributed by atoms with E-state index in [9.17, 15) is 14.9 Å². The zero-order chi connectivity index (χ0) is 19.0. The van der Waals surface area contributed by atoms with E-state index in [1.165, 1.54) is 18.2 Å². The summed E-state index contributed by atoms with van der Waals surface area (Å²) >= 11 is 0. The van der Waals surface area contributed by atoms with Gasteiger partial charge in [-0.05, 0) is 37.1 Å². The first kappa shape index (κ1) is 16.8. The van der Waals surface area contributed by atoms with Gasteiger partial charge in [0, 0.05) is 12.0 Å². The van der Waals surface area contributed by atoms with Crippen molar-refractivity contribution in [3.63, 3.8) is 0 Å². The van der Waals surface area contributed by atoms with Crippen LogP contribution in [0.2, 0.25) is 0 Å². The number of fused-ring (bicyclic) bond motifs is 1. The molecule has 27 heavy (non-hydrogen) atoms. The van der Waals surface area contributed by atoms with Crippen molar-refractivity contribution < 1.29 is 14.5 Å². The lowest BCUT2D eigenvalue weighted by atomic mass is 10.2. The summed E-state index contributed by atoms with van der Waals surface area (Å²) in [7, 11) is 0. The number of nitro groups is 1. The van der Waals surface area contributed by atoms with Gasteiger partial charge in [-0.1, -0.05) is 0 Å². The number of amidine groups is 1. The molecule has 1 aromatic rings. The van der Waals surface area contributed by atoms with Gasteiger partial charge in [-0.25, -0.2) is 10.0 Å². The van der Waals surface area contributed by atoms with Gasteiger partial charge in [0.05, 0.1) is 17.5 Å². The molecule has 1 saturated carbocycles. The molecular weight excluding hydrogens is 352 g/mol. The number of hydrogen-bond donors (Lipinski definition) is 2. The van der Waals surface area contributed by atoms with E-state index >= 15 is 0 Å². The molecular formula is C17H16N6O4. The van der Waals surface area contributed by atoms with Crippen molar-refractivity contribution in [1.82, 2.24) is 10.3 Å². The molecule has 1 aromatic carbocycles. The number of nitrogens with zero attached hydrogens (tertiary/aromatic N) is 4. The maximum atomic E-state index is 11.8. The van der Waals surface area contributed by atoms with Crippen LogP contribution in [0.1, 0.15) is 12.8 Å². The Kier molecular flexibility index (Phi) is 4.07. The molecule has 2 aliphatic heterocycles. The fraction of sp³-hybridized carbons (Fsp3) is 0.235. The number of hydrogen-bond acceptors (Lipinski definition) is 8. The summed E-state index contributed by atoms with van der Waals surface area (Å²) in [4.78, 5) is 26.6. The normalized spacial score (nSPS) is 18.1. The number of anilines is 1. The minimum Gasteiger partial charge on any atom is -0.437 e. The number of nitro benzene ring substituents is 1. The SMILES string of the molecule is Nc1ccc(OC2=NN3CC=C(NC(=O)C4CC4)N=C3C=C2)cc1[N+](=O)[O-]. The summed E-state index contributed by atoms with van der Waals surface area (Å²) in [5.41, 5.74) is 5.41. The molecule has 1 amide bonds. The van der Waals surface area contributed by atoms with Gasteiger partial charge in [-0.3, -0.25) is 14.9 Å². The van der Waals surface area contributed by atoms with Crippen LogP contribution in [0.25, 0.3) is 0 Å². The minimum atomic E-state index is -0.571. The lowest BCUT2D eigenvalue weighted by Crippen LogP contribution is -2.35. The third-order valence-corrected chi connectivity index (χ3v) is 4.17. The molecule has 0 aromatic heterocycles. The van der Waals surface area contributed by atoms with Crippen LogP contribution < -0.4 is 15.8 Å². The molecule has 10 heteroatoms. The maximum absolute atomic E-state index is 11.8. The van der Waals surface area contributed by atoms with Crippen molar-refractivity contribution in [3.8, 4) is 5.75 Å². The Balaban J connectivity index is 1.44. The Hall–Kier alpha value is -3.69. The zero-order valence-electron chi connectivity index (χ0n) is 14.2. The van der Waals surface area contributed by atoms with Crippen molar-refractivity contribution in [2.75, 3.05) is 12.3 Å². The number of amides is 1. The van der Waals surface area contributed by atoms with Gasteiger partial charge in [0.1, 0.15) is 17.3 Å². The molecule has 0 spiro atoms. The third-order valence-electron chi connectivity index (χ3n) is 4.17. The van der Waals surface area contributed by atoms with Crippen LogP contribution >= 0.6 is 0 Å².